The van der Waals surface area contributed by atoms with E-state index in [1.807, 2.05) is 51.9 Å². The van der Waals surface area contributed by atoms with Gasteiger partial charge in [0.15, 0.2) is 28.6 Å². The summed E-state index contributed by atoms with van der Waals surface area (Å²) in [6.45, 7) is 6.80. The predicted octanol–water partition coefficient (Wildman–Crippen LogP) is 4.05. The first-order valence-corrected chi connectivity index (χ1v) is 11.6. The fourth-order valence-corrected chi connectivity index (χ4v) is 5.05. The van der Waals surface area contributed by atoms with Gasteiger partial charge in [0.1, 0.15) is 6.61 Å². The van der Waals surface area contributed by atoms with Crippen molar-refractivity contribution in [3.8, 4) is 11.5 Å². The zero-order chi connectivity index (χ0) is 22.1. The number of carbonyl (C=O) groups excluding carboxylic acids is 1. The number of hydrogen-bond acceptors (Lipinski definition) is 6. The Bertz CT molecular complexity index is 1160. The lowest BCUT2D eigenvalue weighted by molar-refractivity contribution is -0.116. The van der Waals surface area contributed by atoms with Crippen molar-refractivity contribution in [3.05, 3.63) is 72.6 Å². The lowest BCUT2D eigenvalue weighted by Gasteiger charge is -2.26. The number of aromatic nitrogens is 3. The Labute approximate surface area is 191 Å². The first-order valence-electron chi connectivity index (χ1n) is 10.6. The van der Waals surface area contributed by atoms with Gasteiger partial charge in [-0.15, -0.1) is 16.8 Å². The minimum absolute atomic E-state index is 0.0633. The molecule has 2 aliphatic heterocycles. The number of rotatable bonds is 6. The summed E-state index contributed by atoms with van der Waals surface area (Å²) in [6, 6.07) is 15.8. The van der Waals surface area contributed by atoms with Crippen molar-refractivity contribution in [2.45, 2.75) is 37.2 Å². The molecule has 1 amide bonds. The Hall–Kier alpha value is -3.26. The summed E-state index contributed by atoms with van der Waals surface area (Å²) in [4.78, 5) is 15.0. The molecule has 0 N–H and O–H groups in total. The maximum Gasteiger partial charge on any atom is 0.237 e. The van der Waals surface area contributed by atoms with Crippen molar-refractivity contribution < 1.29 is 14.3 Å². The molecule has 2 unspecified atom stereocenters. The topological polar surface area (TPSA) is 69.5 Å². The summed E-state index contributed by atoms with van der Waals surface area (Å²) in [5.41, 5.74) is 2.22. The van der Waals surface area contributed by atoms with E-state index >= 15 is 0 Å². The molecular weight excluding hydrogens is 424 g/mol. The van der Waals surface area contributed by atoms with Crippen LogP contribution in [0.1, 0.15) is 24.4 Å². The molecule has 2 aliphatic rings. The molecule has 5 rings (SSSR count). The van der Waals surface area contributed by atoms with Crippen molar-refractivity contribution in [2.24, 2.45) is 0 Å². The van der Waals surface area contributed by atoms with Crippen LogP contribution in [0.25, 0.3) is 0 Å². The standard InChI is InChI=1S/C24H24N4O3S/c1-3-12-27-23(21-14-30-19-10-6-7-11-20(19)31-21)25-26-24(27)32-15-22(29)28-16(2)13-17-8-4-5-9-18(17)28/h3-11,16,21H,1,12-15H2,2H3. The number of carbonyl (C=O) groups is 1. The molecule has 164 valence electrons. The zero-order valence-corrected chi connectivity index (χ0v) is 18.6. The van der Waals surface area contributed by atoms with E-state index in [0.29, 0.717) is 29.9 Å². The van der Waals surface area contributed by atoms with Crippen LogP contribution in [0.5, 0.6) is 11.5 Å². The fraction of sp³-hybridized carbons (Fsp3) is 0.292. The molecular formula is C24H24N4O3S. The van der Waals surface area contributed by atoms with Crippen LogP contribution in [0.15, 0.2) is 66.3 Å². The second kappa shape index (κ2) is 8.70. The zero-order valence-electron chi connectivity index (χ0n) is 17.8. The van der Waals surface area contributed by atoms with Crippen LogP contribution in [0.3, 0.4) is 0 Å². The molecule has 2 atom stereocenters. The fourth-order valence-electron chi connectivity index (χ4n) is 4.23. The summed E-state index contributed by atoms with van der Waals surface area (Å²) < 4.78 is 13.9. The van der Waals surface area contributed by atoms with Gasteiger partial charge < -0.3 is 14.4 Å². The van der Waals surface area contributed by atoms with Crippen LogP contribution >= 0.6 is 11.8 Å². The lowest BCUT2D eigenvalue weighted by atomic mass is 10.1. The minimum atomic E-state index is -0.382. The highest BCUT2D eigenvalue weighted by atomic mass is 32.2. The lowest BCUT2D eigenvalue weighted by Crippen LogP contribution is -2.37. The smallest absolute Gasteiger partial charge is 0.237 e. The third-order valence-electron chi connectivity index (χ3n) is 5.65. The first kappa shape index (κ1) is 20.6. The van der Waals surface area contributed by atoms with Gasteiger partial charge in [-0.25, -0.2) is 0 Å². The summed E-state index contributed by atoms with van der Waals surface area (Å²) in [6.07, 6.45) is 2.28. The third kappa shape index (κ3) is 3.75. The molecule has 3 aromatic rings. The maximum atomic E-state index is 13.1. The Morgan fingerprint density at radius 2 is 1.97 bits per heavy atom. The number of fused-ring (bicyclic) bond motifs is 2. The number of anilines is 1. The van der Waals surface area contributed by atoms with Crippen molar-refractivity contribution >= 4 is 23.4 Å². The van der Waals surface area contributed by atoms with Crippen LogP contribution in [-0.4, -0.2) is 39.1 Å². The molecule has 0 saturated heterocycles. The number of hydrogen-bond donors (Lipinski definition) is 0. The second-order valence-electron chi connectivity index (χ2n) is 7.84. The molecule has 8 heteroatoms. The summed E-state index contributed by atoms with van der Waals surface area (Å²) >= 11 is 1.38. The van der Waals surface area contributed by atoms with Gasteiger partial charge in [0.05, 0.1) is 5.75 Å². The van der Waals surface area contributed by atoms with Crippen molar-refractivity contribution in [2.75, 3.05) is 17.3 Å². The van der Waals surface area contributed by atoms with Crippen molar-refractivity contribution in [1.29, 1.82) is 0 Å². The number of thioether (sulfide) groups is 1. The van der Waals surface area contributed by atoms with Crippen LogP contribution in [0.2, 0.25) is 0 Å². The number of para-hydroxylation sites is 3. The summed E-state index contributed by atoms with van der Waals surface area (Å²) in [7, 11) is 0. The van der Waals surface area contributed by atoms with E-state index in [2.05, 4.69) is 29.8 Å². The van der Waals surface area contributed by atoms with E-state index in [9.17, 15) is 4.79 Å². The third-order valence-corrected chi connectivity index (χ3v) is 6.61. The normalized spacial score (nSPS) is 19.0. The van der Waals surface area contributed by atoms with E-state index in [1.165, 1.54) is 17.3 Å². The molecule has 3 heterocycles. The molecule has 0 aliphatic carbocycles. The van der Waals surface area contributed by atoms with Gasteiger partial charge in [0.25, 0.3) is 0 Å². The number of benzene rings is 2. The highest BCUT2D eigenvalue weighted by Crippen LogP contribution is 2.36. The molecule has 1 aromatic heterocycles. The number of allylic oxidation sites excluding steroid dienone is 1. The Morgan fingerprint density at radius 1 is 1.19 bits per heavy atom. The molecule has 0 saturated carbocycles. The summed E-state index contributed by atoms with van der Waals surface area (Å²) in [5.74, 6) is 2.41. The van der Waals surface area contributed by atoms with Gasteiger partial charge in [-0.1, -0.05) is 48.2 Å². The minimum Gasteiger partial charge on any atom is -0.485 e. The average Bonchev–Trinajstić information content (AvgIpc) is 3.37. The Morgan fingerprint density at radius 3 is 2.81 bits per heavy atom. The van der Waals surface area contributed by atoms with Crippen LogP contribution in [-0.2, 0) is 17.8 Å². The molecule has 7 nitrogen and oxygen atoms in total. The van der Waals surface area contributed by atoms with Gasteiger partial charge >= 0.3 is 0 Å². The van der Waals surface area contributed by atoms with Gasteiger partial charge in [0, 0.05) is 18.3 Å². The number of nitrogens with zero attached hydrogens (tertiary/aromatic N) is 4. The number of ether oxygens (including phenoxy) is 2. The SMILES string of the molecule is C=CCn1c(SCC(=O)N2c3ccccc3CC2C)nnc1C1COc2ccccc2O1. The molecule has 32 heavy (non-hydrogen) atoms. The monoisotopic (exact) mass is 448 g/mol. The van der Waals surface area contributed by atoms with Gasteiger partial charge in [-0.05, 0) is 37.1 Å². The second-order valence-corrected chi connectivity index (χ2v) is 8.78. The van der Waals surface area contributed by atoms with E-state index in [4.69, 9.17) is 9.47 Å². The quantitative estimate of drug-likeness (QED) is 0.419. The van der Waals surface area contributed by atoms with E-state index in [1.54, 1.807) is 6.08 Å². The van der Waals surface area contributed by atoms with Crippen LogP contribution in [0, 0.1) is 0 Å². The first-order chi connectivity index (χ1) is 15.7. The van der Waals surface area contributed by atoms with Gasteiger partial charge in [-0.2, -0.15) is 0 Å². The van der Waals surface area contributed by atoms with Crippen LogP contribution in [0.4, 0.5) is 5.69 Å². The highest BCUT2D eigenvalue weighted by Gasteiger charge is 2.32. The van der Waals surface area contributed by atoms with E-state index < -0.39 is 0 Å². The Balaban J connectivity index is 1.32. The predicted molar refractivity (Wildman–Crippen MR) is 123 cm³/mol. The maximum absolute atomic E-state index is 13.1. The Kier molecular flexibility index (Phi) is 5.61. The highest BCUT2D eigenvalue weighted by molar-refractivity contribution is 7.99. The molecule has 0 bridgehead atoms. The number of amides is 1. The largest absolute Gasteiger partial charge is 0.485 e. The average molecular weight is 449 g/mol. The summed E-state index contributed by atoms with van der Waals surface area (Å²) in [5, 5.41) is 9.38. The van der Waals surface area contributed by atoms with Gasteiger partial charge in [0.2, 0.25) is 5.91 Å². The van der Waals surface area contributed by atoms with Crippen molar-refractivity contribution in [1.82, 2.24) is 14.8 Å². The van der Waals surface area contributed by atoms with Crippen molar-refractivity contribution in [3.63, 3.8) is 0 Å². The van der Waals surface area contributed by atoms with E-state index in [-0.39, 0.29) is 23.8 Å². The molecule has 0 radical (unpaired) electrons. The molecule has 0 spiro atoms. The van der Waals surface area contributed by atoms with E-state index in [0.717, 1.165) is 17.9 Å². The van der Waals surface area contributed by atoms with Gasteiger partial charge in [-0.3, -0.25) is 9.36 Å². The molecule has 0 fully saturated rings. The molecule has 2 aromatic carbocycles. The van der Waals surface area contributed by atoms with Crippen LogP contribution < -0.4 is 14.4 Å².